The fourth-order valence-corrected chi connectivity index (χ4v) is 2.69. The number of ether oxygens (including phenoxy) is 2. The summed E-state index contributed by atoms with van der Waals surface area (Å²) in [5.74, 6) is 0.336. The maximum absolute atomic E-state index is 12.0. The van der Waals surface area contributed by atoms with E-state index in [4.69, 9.17) is 9.47 Å². The largest absolute Gasteiger partial charge is 0.481 e. The summed E-state index contributed by atoms with van der Waals surface area (Å²) in [6.45, 7) is 5.88. The molecule has 0 N–H and O–H groups in total. The van der Waals surface area contributed by atoms with Crippen LogP contribution in [0.4, 0.5) is 0 Å². The molecule has 3 rings (SSSR count). The molecule has 0 amide bonds. The molecule has 1 aromatic carbocycles. The summed E-state index contributed by atoms with van der Waals surface area (Å²) < 4.78 is 12.9. The Morgan fingerprint density at radius 2 is 1.83 bits per heavy atom. The van der Waals surface area contributed by atoms with E-state index in [0.717, 1.165) is 33.9 Å². The van der Waals surface area contributed by atoms with Gasteiger partial charge in [-0.2, -0.15) is 0 Å². The summed E-state index contributed by atoms with van der Waals surface area (Å²) in [5, 5.41) is 0. The number of fused-ring (bicyclic) bond motifs is 1. The Balaban J connectivity index is 1.62. The number of para-hydroxylation sites is 1. The number of esters is 1. The van der Waals surface area contributed by atoms with Gasteiger partial charge in [0, 0.05) is 6.20 Å². The molecule has 2 heterocycles. The molecule has 24 heavy (non-hydrogen) atoms. The van der Waals surface area contributed by atoms with Gasteiger partial charge in [0.05, 0.1) is 11.4 Å². The van der Waals surface area contributed by atoms with Crippen LogP contribution in [0.15, 0.2) is 42.6 Å². The van der Waals surface area contributed by atoms with Gasteiger partial charge in [0.2, 0.25) is 0 Å². The lowest BCUT2D eigenvalue weighted by atomic mass is 10.1. The Hall–Kier alpha value is -2.82. The number of hydrogen-bond donors (Lipinski definition) is 0. The van der Waals surface area contributed by atoms with Crippen LogP contribution in [0.25, 0.3) is 5.65 Å². The molecule has 0 atom stereocenters. The molecule has 0 radical (unpaired) electrons. The quantitative estimate of drug-likeness (QED) is 0.675. The molecule has 0 aliphatic heterocycles. The van der Waals surface area contributed by atoms with Gasteiger partial charge in [-0.15, -0.1) is 0 Å². The standard InChI is InChI=1S/C19H20N2O3/c1-13-7-6-8-14(2)19(13)24-12-18(22)23-11-16-15(3)20-17-9-4-5-10-21(16)17/h4-10H,11-12H2,1-3H3. The lowest BCUT2D eigenvalue weighted by Gasteiger charge is -2.11. The summed E-state index contributed by atoms with van der Waals surface area (Å²) in [5.41, 5.74) is 4.56. The monoisotopic (exact) mass is 324 g/mol. The number of carbonyl (C=O) groups is 1. The van der Waals surface area contributed by atoms with Crippen molar-refractivity contribution in [1.29, 1.82) is 0 Å². The molecule has 5 nitrogen and oxygen atoms in total. The molecule has 0 bridgehead atoms. The minimum absolute atomic E-state index is 0.110. The van der Waals surface area contributed by atoms with Gasteiger partial charge in [-0.05, 0) is 44.0 Å². The van der Waals surface area contributed by atoms with Crippen molar-refractivity contribution in [2.24, 2.45) is 0 Å². The van der Waals surface area contributed by atoms with E-state index in [0.29, 0.717) is 0 Å². The van der Waals surface area contributed by atoms with Crippen molar-refractivity contribution in [2.45, 2.75) is 27.4 Å². The summed E-state index contributed by atoms with van der Waals surface area (Å²) in [6.07, 6.45) is 1.91. The molecule has 0 saturated heterocycles. The first-order chi connectivity index (χ1) is 11.6. The molecule has 5 heteroatoms. The van der Waals surface area contributed by atoms with Gasteiger partial charge in [0.25, 0.3) is 0 Å². The average Bonchev–Trinajstić information content (AvgIpc) is 2.87. The smallest absolute Gasteiger partial charge is 0.344 e. The number of benzene rings is 1. The van der Waals surface area contributed by atoms with Crippen LogP contribution in [-0.4, -0.2) is 22.0 Å². The molecular weight excluding hydrogens is 304 g/mol. The Labute approximate surface area is 140 Å². The van der Waals surface area contributed by atoms with Crippen LogP contribution in [0.3, 0.4) is 0 Å². The van der Waals surface area contributed by atoms with E-state index < -0.39 is 5.97 Å². The fraction of sp³-hybridized carbons (Fsp3) is 0.263. The minimum atomic E-state index is -0.400. The number of carbonyl (C=O) groups excluding carboxylic acids is 1. The zero-order valence-corrected chi connectivity index (χ0v) is 14.1. The first-order valence-electron chi connectivity index (χ1n) is 7.83. The molecule has 3 aromatic rings. The Morgan fingerprint density at radius 1 is 1.08 bits per heavy atom. The topological polar surface area (TPSA) is 52.8 Å². The van der Waals surface area contributed by atoms with E-state index in [1.807, 2.05) is 67.8 Å². The van der Waals surface area contributed by atoms with Gasteiger partial charge in [-0.25, -0.2) is 9.78 Å². The molecule has 0 spiro atoms. The molecule has 0 aliphatic rings. The fourth-order valence-electron chi connectivity index (χ4n) is 2.69. The van der Waals surface area contributed by atoms with Crippen molar-refractivity contribution in [3.63, 3.8) is 0 Å². The van der Waals surface area contributed by atoms with Crippen molar-refractivity contribution in [1.82, 2.24) is 9.38 Å². The second-order valence-corrected chi connectivity index (χ2v) is 5.74. The van der Waals surface area contributed by atoms with E-state index in [-0.39, 0.29) is 13.2 Å². The highest BCUT2D eigenvalue weighted by Crippen LogP contribution is 2.22. The number of rotatable bonds is 5. The molecular formula is C19H20N2O3. The Kier molecular flexibility index (Phi) is 4.51. The zero-order valence-electron chi connectivity index (χ0n) is 14.1. The number of hydrogen-bond acceptors (Lipinski definition) is 4. The van der Waals surface area contributed by atoms with E-state index in [1.165, 1.54) is 0 Å². The minimum Gasteiger partial charge on any atom is -0.481 e. The van der Waals surface area contributed by atoms with Crippen molar-refractivity contribution in [3.8, 4) is 5.75 Å². The second kappa shape index (κ2) is 6.74. The maximum Gasteiger partial charge on any atom is 0.344 e. The second-order valence-electron chi connectivity index (χ2n) is 5.74. The van der Waals surface area contributed by atoms with Crippen LogP contribution < -0.4 is 4.74 Å². The van der Waals surface area contributed by atoms with Crippen molar-refractivity contribution in [3.05, 3.63) is 65.1 Å². The molecule has 0 saturated carbocycles. The third-order valence-corrected chi connectivity index (χ3v) is 3.94. The summed E-state index contributed by atoms with van der Waals surface area (Å²) in [7, 11) is 0. The molecule has 0 aliphatic carbocycles. The third kappa shape index (κ3) is 3.25. The van der Waals surface area contributed by atoms with Gasteiger partial charge < -0.3 is 13.9 Å². The molecule has 124 valence electrons. The Morgan fingerprint density at radius 3 is 2.58 bits per heavy atom. The predicted octanol–water partition coefficient (Wildman–Crippen LogP) is 3.38. The van der Waals surface area contributed by atoms with Gasteiger partial charge in [0.15, 0.2) is 6.61 Å². The number of aryl methyl sites for hydroxylation is 3. The number of imidazole rings is 1. The van der Waals surface area contributed by atoms with Crippen LogP contribution in [0.1, 0.15) is 22.5 Å². The predicted molar refractivity (Wildman–Crippen MR) is 91.1 cm³/mol. The summed E-state index contributed by atoms with van der Waals surface area (Å²) in [4.78, 5) is 16.5. The van der Waals surface area contributed by atoms with E-state index in [1.54, 1.807) is 0 Å². The van der Waals surface area contributed by atoms with Gasteiger partial charge in [-0.1, -0.05) is 24.3 Å². The Bertz CT molecular complexity index is 863. The van der Waals surface area contributed by atoms with Crippen molar-refractivity contribution in [2.75, 3.05) is 6.61 Å². The van der Waals surface area contributed by atoms with Gasteiger partial charge >= 0.3 is 5.97 Å². The van der Waals surface area contributed by atoms with E-state index in [9.17, 15) is 4.79 Å². The first-order valence-corrected chi connectivity index (χ1v) is 7.83. The molecule has 2 aromatic heterocycles. The highest BCUT2D eigenvalue weighted by molar-refractivity contribution is 5.71. The number of aromatic nitrogens is 2. The first kappa shape index (κ1) is 16.1. The van der Waals surface area contributed by atoms with Crippen LogP contribution in [0.2, 0.25) is 0 Å². The lowest BCUT2D eigenvalue weighted by Crippen LogP contribution is -2.16. The average molecular weight is 324 g/mol. The summed E-state index contributed by atoms with van der Waals surface area (Å²) >= 11 is 0. The SMILES string of the molecule is Cc1cccc(C)c1OCC(=O)OCc1c(C)nc2ccccn12. The summed E-state index contributed by atoms with van der Waals surface area (Å²) in [6, 6.07) is 11.6. The number of pyridine rings is 1. The molecule has 0 unspecified atom stereocenters. The van der Waals surface area contributed by atoms with Crippen LogP contribution in [0.5, 0.6) is 5.75 Å². The highest BCUT2D eigenvalue weighted by atomic mass is 16.6. The van der Waals surface area contributed by atoms with Crippen molar-refractivity contribution < 1.29 is 14.3 Å². The maximum atomic E-state index is 12.0. The normalized spacial score (nSPS) is 10.8. The van der Waals surface area contributed by atoms with Crippen LogP contribution in [0, 0.1) is 20.8 Å². The molecule has 0 fully saturated rings. The van der Waals surface area contributed by atoms with Crippen LogP contribution in [-0.2, 0) is 16.1 Å². The van der Waals surface area contributed by atoms with Crippen LogP contribution >= 0.6 is 0 Å². The van der Waals surface area contributed by atoms with Gasteiger partial charge in [-0.3, -0.25) is 0 Å². The number of nitrogens with zero attached hydrogens (tertiary/aromatic N) is 2. The third-order valence-electron chi connectivity index (χ3n) is 3.94. The van der Waals surface area contributed by atoms with E-state index >= 15 is 0 Å². The van der Waals surface area contributed by atoms with Gasteiger partial charge in [0.1, 0.15) is 18.0 Å². The highest BCUT2D eigenvalue weighted by Gasteiger charge is 2.12. The van der Waals surface area contributed by atoms with Crippen molar-refractivity contribution >= 4 is 11.6 Å². The zero-order chi connectivity index (χ0) is 17.1. The van der Waals surface area contributed by atoms with E-state index in [2.05, 4.69) is 4.98 Å². The lowest BCUT2D eigenvalue weighted by molar-refractivity contribution is -0.147.